The first kappa shape index (κ1) is 13.7. The van der Waals surface area contributed by atoms with Crippen LogP contribution in [-0.2, 0) is 11.9 Å². The maximum atomic E-state index is 12.5. The summed E-state index contributed by atoms with van der Waals surface area (Å²) in [5.41, 5.74) is 5.51. The van der Waals surface area contributed by atoms with E-state index in [9.17, 15) is 13.2 Å². The molecule has 1 aromatic heterocycles. The van der Waals surface area contributed by atoms with Crippen molar-refractivity contribution in [2.45, 2.75) is 17.0 Å². The van der Waals surface area contributed by atoms with Crippen LogP contribution in [0.5, 0.6) is 0 Å². The summed E-state index contributed by atoms with van der Waals surface area (Å²) in [4.78, 5) is 7.88. The normalized spacial score (nSPS) is 11.5. The van der Waals surface area contributed by atoms with E-state index in [0.29, 0.717) is 16.3 Å². The second kappa shape index (κ2) is 5.48. The summed E-state index contributed by atoms with van der Waals surface area (Å²) in [6, 6.07) is 5.19. The summed E-state index contributed by atoms with van der Waals surface area (Å²) in [6.07, 6.45) is -1.37. The van der Waals surface area contributed by atoms with Gasteiger partial charge in [0.05, 0.1) is 5.56 Å². The van der Waals surface area contributed by atoms with E-state index in [0.717, 1.165) is 12.1 Å². The number of aromatic nitrogens is 2. The van der Waals surface area contributed by atoms with Gasteiger partial charge < -0.3 is 5.73 Å². The Labute approximate surface area is 112 Å². The fourth-order valence-corrected chi connectivity index (χ4v) is 2.26. The predicted molar refractivity (Wildman–Crippen MR) is 67.4 cm³/mol. The van der Waals surface area contributed by atoms with Crippen molar-refractivity contribution in [3.05, 3.63) is 47.8 Å². The molecule has 1 heterocycles. The molecule has 0 spiro atoms. The Hall–Kier alpha value is -1.76. The average molecular weight is 285 g/mol. The minimum Gasteiger partial charge on any atom is -0.381 e. The number of hydrogen-bond donors (Lipinski definition) is 1. The first-order valence-electron chi connectivity index (χ1n) is 5.32. The molecule has 0 radical (unpaired) electrons. The zero-order valence-electron chi connectivity index (χ0n) is 9.69. The molecule has 0 saturated heterocycles. The number of halogens is 3. The summed E-state index contributed by atoms with van der Waals surface area (Å²) in [7, 11) is 0. The van der Waals surface area contributed by atoms with Gasteiger partial charge in [0.1, 0.15) is 5.03 Å². The van der Waals surface area contributed by atoms with Crippen LogP contribution in [0.25, 0.3) is 0 Å². The summed E-state index contributed by atoms with van der Waals surface area (Å²) < 4.78 is 37.6. The van der Waals surface area contributed by atoms with Crippen molar-refractivity contribution < 1.29 is 13.2 Å². The fraction of sp³-hybridized carbons (Fsp3) is 0.167. The van der Waals surface area contributed by atoms with Crippen molar-refractivity contribution in [3.8, 4) is 0 Å². The zero-order valence-corrected chi connectivity index (χ0v) is 10.5. The number of thioether (sulfide) groups is 1. The van der Waals surface area contributed by atoms with Gasteiger partial charge in [-0.25, -0.2) is 9.97 Å². The molecule has 19 heavy (non-hydrogen) atoms. The van der Waals surface area contributed by atoms with E-state index < -0.39 is 11.7 Å². The second-order valence-corrected chi connectivity index (χ2v) is 4.70. The van der Waals surface area contributed by atoms with Crippen molar-refractivity contribution in [1.29, 1.82) is 0 Å². The van der Waals surface area contributed by atoms with Crippen LogP contribution in [-0.4, -0.2) is 9.97 Å². The lowest BCUT2D eigenvalue weighted by molar-refractivity contribution is -0.137. The molecule has 0 amide bonds. The van der Waals surface area contributed by atoms with E-state index in [1.807, 2.05) is 0 Å². The van der Waals surface area contributed by atoms with E-state index in [1.54, 1.807) is 6.07 Å². The Morgan fingerprint density at radius 3 is 2.58 bits per heavy atom. The molecule has 0 aliphatic heterocycles. The van der Waals surface area contributed by atoms with Crippen molar-refractivity contribution in [1.82, 2.24) is 9.97 Å². The Morgan fingerprint density at radius 1 is 1.16 bits per heavy atom. The summed E-state index contributed by atoms with van der Waals surface area (Å²) in [6.45, 7) is 0. The van der Waals surface area contributed by atoms with Gasteiger partial charge in [-0.2, -0.15) is 13.2 Å². The van der Waals surface area contributed by atoms with Crippen LogP contribution in [0.1, 0.15) is 11.1 Å². The van der Waals surface area contributed by atoms with E-state index >= 15 is 0 Å². The topological polar surface area (TPSA) is 51.8 Å². The predicted octanol–water partition coefficient (Wildman–Crippen LogP) is 3.37. The highest BCUT2D eigenvalue weighted by atomic mass is 32.2. The number of nitrogens with zero attached hydrogens (tertiary/aromatic N) is 2. The molecule has 1 aromatic carbocycles. The zero-order chi connectivity index (χ0) is 13.9. The quantitative estimate of drug-likeness (QED) is 0.878. The van der Waals surface area contributed by atoms with Crippen LogP contribution in [0.2, 0.25) is 0 Å². The Bertz CT molecular complexity index is 572. The van der Waals surface area contributed by atoms with Crippen LogP contribution in [0.4, 0.5) is 19.0 Å². The molecule has 2 N–H and O–H groups in total. The van der Waals surface area contributed by atoms with Gasteiger partial charge in [-0.05, 0) is 11.6 Å². The van der Waals surface area contributed by atoms with Crippen LogP contribution < -0.4 is 5.73 Å². The first-order chi connectivity index (χ1) is 8.97. The highest BCUT2D eigenvalue weighted by Crippen LogP contribution is 2.31. The van der Waals surface area contributed by atoms with Crippen molar-refractivity contribution in [2.24, 2.45) is 0 Å². The molecule has 0 unspecified atom stereocenters. The molecular weight excluding hydrogens is 275 g/mol. The molecule has 2 rings (SSSR count). The first-order valence-corrected chi connectivity index (χ1v) is 6.31. The van der Waals surface area contributed by atoms with Crippen LogP contribution in [0.15, 0.2) is 41.7 Å². The number of alkyl halides is 3. The number of hydrogen-bond acceptors (Lipinski definition) is 4. The minimum absolute atomic E-state index is 0.277. The van der Waals surface area contributed by atoms with Gasteiger partial charge in [0, 0.05) is 18.1 Å². The Kier molecular flexibility index (Phi) is 3.94. The lowest BCUT2D eigenvalue weighted by Crippen LogP contribution is -2.05. The maximum absolute atomic E-state index is 12.5. The average Bonchev–Trinajstić information content (AvgIpc) is 2.37. The van der Waals surface area contributed by atoms with Gasteiger partial charge in [-0.15, -0.1) is 0 Å². The molecule has 0 bridgehead atoms. The van der Waals surface area contributed by atoms with Crippen LogP contribution >= 0.6 is 11.8 Å². The van der Waals surface area contributed by atoms with Gasteiger partial charge in [-0.3, -0.25) is 0 Å². The largest absolute Gasteiger partial charge is 0.416 e. The third kappa shape index (κ3) is 3.60. The van der Waals surface area contributed by atoms with Crippen LogP contribution in [0.3, 0.4) is 0 Å². The summed E-state index contributed by atoms with van der Waals surface area (Å²) in [5.74, 6) is 0.631. The third-order valence-corrected chi connectivity index (χ3v) is 3.39. The SMILES string of the molecule is Nc1nccnc1SCc1cccc(C(F)(F)F)c1. The van der Waals surface area contributed by atoms with Gasteiger partial charge in [0.25, 0.3) is 0 Å². The standard InChI is InChI=1S/C12H10F3N3S/c13-12(14,15)9-3-1-2-8(6-9)7-19-11-10(16)17-4-5-18-11/h1-6H,7H2,(H2,16,17). The van der Waals surface area contributed by atoms with E-state index in [-0.39, 0.29) is 5.82 Å². The third-order valence-electron chi connectivity index (χ3n) is 2.32. The van der Waals surface area contributed by atoms with Gasteiger partial charge in [0.15, 0.2) is 5.82 Å². The molecule has 2 aromatic rings. The van der Waals surface area contributed by atoms with E-state index in [2.05, 4.69) is 9.97 Å². The van der Waals surface area contributed by atoms with Crippen molar-refractivity contribution >= 4 is 17.6 Å². The van der Waals surface area contributed by atoms with Crippen LogP contribution in [0, 0.1) is 0 Å². The fourth-order valence-electron chi connectivity index (χ4n) is 1.44. The highest BCUT2D eigenvalue weighted by Gasteiger charge is 2.30. The number of nitrogens with two attached hydrogens (primary N) is 1. The van der Waals surface area contributed by atoms with Gasteiger partial charge >= 0.3 is 6.18 Å². The van der Waals surface area contributed by atoms with Crippen molar-refractivity contribution in [3.63, 3.8) is 0 Å². The van der Waals surface area contributed by atoms with Gasteiger partial charge in [-0.1, -0.05) is 30.0 Å². The molecule has 0 aliphatic carbocycles. The lowest BCUT2D eigenvalue weighted by Gasteiger charge is -2.08. The number of rotatable bonds is 3. The molecule has 0 saturated carbocycles. The molecule has 0 aliphatic rings. The Morgan fingerprint density at radius 2 is 1.89 bits per heavy atom. The maximum Gasteiger partial charge on any atom is 0.416 e. The molecule has 0 atom stereocenters. The lowest BCUT2D eigenvalue weighted by atomic mass is 10.1. The van der Waals surface area contributed by atoms with E-state index in [4.69, 9.17) is 5.73 Å². The van der Waals surface area contributed by atoms with Crippen molar-refractivity contribution in [2.75, 3.05) is 5.73 Å². The molecule has 100 valence electrons. The monoisotopic (exact) mass is 285 g/mol. The number of nitrogen functional groups attached to an aromatic ring is 1. The summed E-state index contributed by atoms with van der Waals surface area (Å²) in [5, 5.41) is 0.514. The molecule has 0 fully saturated rings. The Balaban J connectivity index is 2.10. The smallest absolute Gasteiger partial charge is 0.381 e. The molecule has 3 nitrogen and oxygen atoms in total. The minimum atomic E-state index is -4.33. The summed E-state index contributed by atoms with van der Waals surface area (Å²) >= 11 is 1.25. The molecular formula is C12H10F3N3S. The second-order valence-electron chi connectivity index (χ2n) is 3.73. The van der Waals surface area contributed by atoms with Gasteiger partial charge in [0.2, 0.25) is 0 Å². The number of benzene rings is 1. The molecule has 7 heteroatoms. The number of anilines is 1. The van der Waals surface area contributed by atoms with E-state index in [1.165, 1.54) is 30.2 Å². The highest BCUT2D eigenvalue weighted by molar-refractivity contribution is 7.98.